The molecule has 0 saturated carbocycles. The number of fused-ring (bicyclic) bond motifs is 1. The summed E-state index contributed by atoms with van der Waals surface area (Å²) in [4.78, 5) is 31.2. The Labute approximate surface area is 151 Å². The molecule has 0 bridgehead atoms. The maximum Gasteiger partial charge on any atom is 0.290 e. The summed E-state index contributed by atoms with van der Waals surface area (Å²) in [7, 11) is 1.72. The highest BCUT2D eigenvalue weighted by Gasteiger charge is 2.23. The molecule has 2 amide bonds. The average Bonchev–Trinajstić information content (AvgIpc) is 3.06. The Morgan fingerprint density at radius 3 is 2.65 bits per heavy atom. The number of carbonyl (C=O) groups is 2. The van der Waals surface area contributed by atoms with E-state index in [9.17, 15) is 9.59 Å². The molecule has 0 aliphatic carbocycles. The molecule has 0 unspecified atom stereocenters. The Bertz CT molecular complexity index is 947. The molecule has 132 valence electrons. The molecule has 2 heterocycles. The summed E-state index contributed by atoms with van der Waals surface area (Å²) in [6.45, 7) is 4.38. The predicted octanol–water partition coefficient (Wildman–Crippen LogP) is 2.52. The van der Waals surface area contributed by atoms with E-state index < -0.39 is 0 Å². The number of hydrogen-bond donors (Lipinski definition) is 1. The van der Waals surface area contributed by atoms with Crippen LogP contribution in [0.2, 0.25) is 0 Å². The summed E-state index contributed by atoms with van der Waals surface area (Å²) in [6.07, 6.45) is 3.33. The number of hydrogen-bond acceptors (Lipinski definition) is 3. The SMILES string of the molecule is C=CCNC(=O)c1nc(C(=O)N(C)Cc2ccccc2)n2ccccc12. The van der Waals surface area contributed by atoms with Crippen LogP contribution in [-0.2, 0) is 6.54 Å². The van der Waals surface area contributed by atoms with Crippen LogP contribution in [0, 0.1) is 0 Å². The van der Waals surface area contributed by atoms with Crippen molar-refractivity contribution < 1.29 is 9.59 Å². The third-order valence-electron chi connectivity index (χ3n) is 3.97. The van der Waals surface area contributed by atoms with Crippen LogP contribution in [0.4, 0.5) is 0 Å². The molecular weight excluding hydrogens is 328 g/mol. The van der Waals surface area contributed by atoms with Gasteiger partial charge in [0, 0.05) is 26.3 Å². The molecule has 1 aromatic carbocycles. The van der Waals surface area contributed by atoms with Gasteiger partial charge in [0.25, 0.3) is 11.8 Å². The number of rotatable bonds is 6. The highest BCUT2D eigenvalue weighted by atomic mass is 16.2. The molecule has 0 atom stereocenters. The molecule has 0 aliphatic heterocycles. The topological polar surface area (TPSA) is 66.7 Å². The van der Waals surface area contributed by atoms with E-state index >= 15 is 0 Å². The summed E-state index contributed by atoms with van der Waals surface area (Å²) in [5.74, 6) is -0.376. The van der Waals surface area contributed by atoms with E-state index in [4.69, 9.17) is 0 Å². The fraction of sp³-hybridized carbons (Fsp3) is 0.150. The summed E-state index contributed by atoms with van der Waals surface area (Å²) in [6, 6.07) is 15.1. The molecule has 3 aromatic rings. The number of nitrogens with zero attached hydrogens (tertiary/aromatic N) is 3. The van der Waals surface area contributed by atoms with Crippen LogP contribution in [0.1, 0.15) is 26.7 Å². The lowest BCUT2D eigenvalue weighted by Gasteiger charge is -2.16. The maximum atomic E-state index is 12.9. The van der Waals surface area contributed by atoms with Gasteiger partial charge < -0.3 is 10.2 Å². The van der Waals surface area contributed by atoms with Crippen molar-refractivity contribution in [1.29, 1.82) is 0 Å². The lowest BCUT2D eigenvalue weighted by Crippen LogP contribution is -2.28. The Hall–Kier alpha value is -3.41. The van der Waals surface area contributed by atoms with Gasteiger partial charge in [0.15, 0.2) is 5.69 Å². The van der Waals surface area contributed by atoms with Crippen molar-refractivity contribution in [3.8, 4) is 0 Å². The number of carbonyl (C=O) groups excluding carboxylic acids is 2. The molecule has 3 rings (SSSR count). The Morgan fingerprint density at radius 2 is 1.92 bits per heavy atom. The molecule has 2 aromatic heterocycles. The molecule has 0 spiro atoms. The molecule has 0 saturated heterocycles. The number of amides is 2. The molecule has 26 heavy (non-hydrogen) atoms. The van der Waals surface area contributed by atoms with Gasteiger partial charge in [0.1, 0.15) is 0 Å². The largest absolute Gasteiger partial charge is 0.347 e. The van der Waals surface area contributed by atoms with Gasteiger partial charge in [-0.25, -0.2) is 4.98 Å². The van der Waals surface area contributed by atoms with Crippen molar-refractivity contribution >= 4 is 17.3 Å². The lowest BCUT2D eigenvalue weighted by atomic mass is 10.2. The van der Waals surface area contributed by atoms with Crippen LogP contribution < -0.4 is 5.32 Å². The monoisotopic (exact) mass is 348 g/mol. The van der Waals surface area contributed by atoms with Crippen LogP contribution in [0.15, 0.2) is 67.4 Å². The van der Waals surface area contributed by atoms with Crippen molar-refractivity contribution in [2.45, 2.75) is 6.54 Å². The van der Waals surface area contributed by atoms with E-state index in [0.717, 1.165) is 5.56 Å². The van der Waals surface area contributed by atoms with Gasteiger partial charge in [-0.3, -0.25) is 14.0 Å². The Balaban J connectivity index is 1.92. The van der Waals surface area contributed by atoms with E-state index in [1.807, 2.05) is 36.4 Å². The maximum absolute atomic E-state index is 12.9. The molecule has 0 fully saturated rings. The van der Waals surface area contributed by atoms with Gasteiger partial charge in [0.2, 0.25) is 5.82 Å². The smallest absolute Gasteiger partial charge is 0.290 e. The second kappa shape index (κ2) is 7.65. The fourth-order valence-corrected chi connectivity index (χ4v) is 2.70. The highest BCUT2D eigenvalue weighted by Crippen LogP contribution is 2.15. The molecular formula is C20H20N4O2. The normalized spacial score (nSPS) is 10.5. The summed E-state index contributed by atoms with van der Waals surface area (Å²) in [5, 5.41) is 2.70. The van der Waals surface area contributed by atoms with Gasteiger partial charge in [0.05, 0.1) is 5.52 Å². The fourth-order valence-electron chi connectivity index (χ4n) is 2.70. The number of aromatic nitrogens is 2. The number of imidazole rings is 1. The van der Waals surface area contributed by atoms with Crippen molar-refractivity contribution in [3.05, 3.63) is 84.5 Å². The minimum Gasteiger partial charge on any atom is -0.347 e. The Morgan fingerprint density at radius 1 is 1.19 bits per heavy atom. The van der Waals surface area contributed by atoms with Gasteiger partial charge in [-0.2, -0.15) is 0 Å². The summed E-state index contributed by atoms with van der Waals surface area (Å²) < 4.78 is 1.65. The van der Waals surface area contributed by atoms with Crippen LogP contribution >= 0.6 is 0 Å². The zero-order valence-corrected chi connectivity index (χ0v) is 14.6. The van der Waals surface area contributed by atoms with E-state index in [0.29, 0.717) is 18.6 Å². The zero-order valence-electron chi connectivity index (χ0n) is 14.6. The average molecular weight is 348 g/mol. The van der Waals surface area contributed by atoms with Crippen molar-refractivity contribution in [3.63, 3.8) is 0 Å². The number of nitrogens with one attached hydrogen (secondary N) is 1. The van der Waals surface area contributed by atoms with Crippen molar-refractivity contribution in [1.82, 2.24) is 19.6 Å². The molecule has 1 N–H and O–H groups in total. The predicted molar refractivity (Wildman–Crippen MR) is 100.0 cm³/mol. The van der Waals surface area contributed by atoms with Crippen LogP contribution in [0.25, 0.3) is 5.52 Å². The number of pyridine rings is 1. The minimum atomic E-state index is -0.335. The second-order valence-corrected chi connectivity index (χ2v) is 5.89. The van der Waals surface area contributed by atoms with Crippen molar-refractivity contribution in [2.24, 2.45) is 0 Å². The third-order valence-corrected chi connectivity index (χ3v) is 3.97. The summed E-state index contributed by atoms with van der Waals surface area (Å²) in [5.41, 5.74) is 1.84. The second-order valence-electron chi connectivity index (χ2n) is 5.89. The van der Waals surface area contributed by atoms with E-state index in [2.05, 4.69) is 16.9 Å². The quantitative estimate of drug-likeness (QED) is 0.696. The number of benzene rings is 1. The third kappa shape index (κ3) is 3.49. The lowest BCUT2D eigenvalue weighted by molar-refractivity contribution is 0.0772. The first kappa shape index (κ1) is 17.4. The van der Waals surface area contributed by atoms with Gasteiger partial charge in [-0.05, 0) is 17.7 Å². The zero-order chi connectivity index (χ0) is 18.5. The first-order valence-electron chi connectivity index (χ1n) is 8.27. The highest BCUT2D eigenvalue weighted by molar-refractivity contribution is 6.02. The van der Waals surface area contributed by atoms with E-state index in [1.165, 1.54) is 0 Å². The van der Waals surface area contributed by atoms with Gasteiger partial charge in [-0.15, -0.1) is 6.58 Å². The van der Waals surface area contributed by atoms with Crippen molar-refractivity contribution in [2.75, 3.05) is 13.6 Å². The van der Waals surface area contributed by atoms with Crippen LogP contribution in [-0.4, -0.2) is 39.7 Å². The molecule has 0 aliphatic rings. The van der Waals surface area contributed by atoms with Gasteiger partial charge in [-0.1, -0.05) is 42.5 Å². The standard InChI is InChI=1S/C20H20N4O2/c1-3-12-21-19(25)17-16-11-7-8-13-24(16)18(22-17)20(26)23(2)14-15-9-5-4-6-10-15/h3-11,13H,1,12,14H2,2H3,(H,21,25). The molecule has 6 nitrogen and oxygen atoms in total. The molecule has 0 radical (unpaired) electrons. The van der Waals surface area contributed by atoms with E-state index in [1.54, 1.807) is 40.8 Å². The first-order valence-corrected chi connectivity index (χ1v) is 8.27. The summed E-state index contributed by atoms with van der Waals surface area (Å²) >= 11 is 0. The first-order chi connectivity index (χ1) is 12.6. The minimum absolute atomic E-state index is 0.211. The van der Waals surface area contributed by atoms with Gasteiger partial charge >= 0.3 is 0 Å². The molecule has 6 heteroatoms. The van der Waals surface area contributed by atoms with Crippen LogP contribution in [0.5, 0.6) is 0 Å². The van der Waals surface area contributed by atoms with E-state index in [-0.39, 0.29) is 23.3 Å². The van der Waals surface area contributed by atoms with Crippen LogP contribution in [0.3, 0.4) is 0 Å². The Kier molecular flexibility index (Phi) is 5.12.